The number of benzene rings is 1. The Morgan fingerprint density at radius 3 is 2.82 bits per heavy atom. The topological polar surface area (TPSA) is 27.7 Å². The van der Waals surface area contributed by atoms with Gasteiger partial charge in [-0.05, 0) is 25.5 Å². The Labute approximate surface area is 133 Å². The molecule has 2 aliphatic rings. The molecular weight excluding hydrogens is 274 g/mol. The molecule has 2 heterocycles. The van der Waals surface area contributed by atoms with Crippen LogP contribution in [-0.4, -0.2) is 49.1 Å². The number of ether oxygens (including phenoxy) is 1. The number of piperazine rings is 1. The van der Waals surface area contributed by atoms with Crippen LogP contribution in [0.4, 0.5) is 0 Å². The van der Waals surface area contributed by atoms with Gasteiger partial charge in [-0.2, -0.15) is 0 Å². The molecule has 0 amide bonds. The molecule has 120 valence electrons. The van der Waals surface area contributed by atoms with Crippen LogP contribution in [0.25, 0.3) is 0 Å². The zero-order valence-electron chi connectivity index (χ0n) is 13.8. The summed E-state index contributed by atoms with van der Waals surface area (Å²) >= 11 is 0. The van der Waals surface area contributed by atoms with Crippen molar-refractivity contribution in [1.29, 1.82) is 0 Å². The quantitative estimate of drug-likeness (QED) is 0.927. The van der Waals surface area contributed by atoms with Gasteiger partial charge in [0.15, 0.2) is 0 Å². The summed E-state index contributed by atoms with van der Waals surface area (Å²) in [6, 6.07) is 6.50. The predicted molar refractivity (Wildman–Crippen MR) is 89.9 cm³/mol. The molecule has 1 N–H and O–H groups in total. The molecule has 22 heavy (non-hydrogen) atoms. The van der Waals surface area contributed by atoms with Gasteiger partial charge in [-0.1, -0.05) is 24.6 Å². The van der Waals surface area contributed by atoms with Crippen molar-refractivity contribution < 1.29 is 4.74 Å². The van der Waals surface area contributed by atoms with Crippen molar-refractivity contribution in [2.75, 3.05) is 39.3 Å². The summed E-state index contributed by atoms with van der Waals surface area (Å²) in [5.74, 6) is 2.42. The smallest absolute Gasteiger partial charge is 0.124 e. The molecule has 0 aliphatic carbocycles. The Morgan fingerprint density at radius 2 is 2.05 bits per heavy atom. The second-order valence-corrected chi connectivity index (χ2v) is 6.09. The lowest BCUT2D eigenvalue weighted by Crippen LogP contribution is -2.47. The standard InChI is InChI=1S/C18H27N3O/c1-3-4-18(20-9-7-19-8-10-20)21-11-12-22-17-6-5-15(2)13-16(17)14-21/h4-6,13,19H,3,7-12,14H2,1-2H3/b18-4-. The fourth-order valence-electron chi connectivity index (χ4n) is 3.25. The molecule has 1 saturated heterocycles. The van der Waals surface area contributed by atoms with Crippen LogP contribution in [0.5, 0.6) is 5.75 Å². The minimum absolute atomic E-state index is 0.753. The molecule has 3 rings (SSSR count). The molecule has 0 spiro atoms. The van der Waals surface area contributed by atoms with E-state index in [0.717, 1.165) is 58.0 Å². The molecule has 0 radical (unpaired) electrons. The molecular formula is C18H27N3O. The number of hydrogen-bond acceptors (Lipinski definition) is 4. The molecule has 1 aromatic rings. The number of nitrogens with zero attached hydrogens (tertiary/aromatic N) is 2. The number of hydrogen-bond donors (Lipinski definition) is 1. The van der Waals surface area contributed by atoms with E-state index in [1.807, 2.05) is 0 Å². The van der Waals surface area contributed by atoms with Gasteiger partial charge in [0.25, 0.3) is 0 Å². The average molecular weight is 301 g/mol. The summed E-state index contributed by atoms with van der Waals surface area (Å²) in [6.45, 7) is 11.3. The van der Waals surface area contributed by atoms with Gasteiger partial charge in [0.1, 0.15) is 18.2 Å². The molecule has 2 aliphatic heterocycles. The Kier molecular flexibility index (Phi) is 4.88. The molecule has 4 heteroatoms. The zero-order chi connectivity index (χ0) is 15.4. The number of rotatable bonds is 3. The van der Waals surface area contributed by atoms with Crippen LogP contribution in [0.2, 0.25) is 0 Å². The largest absolute Gasteiger partial charge is 0.491 e. The number of fused-ring (bicyclic) bond motifs is 1. The zero-order valence-corrected chi connectivity index (χ0v) is 13.8. The van der Waals surface area contributed by atoms with E-state index in [9.17, 15) is 0 Å². The average Bonchev–Trinajstić information content (AvgIpc) is 2.75. The summed E-state index contributed by atoms with van der Waals surface area (Å²) in [4.78, 5) is 5.00. The predicted octanol–water partition coefficient (Wildman–Crippen LogP) is 2.35. The highest BCUT2D eigenvalue weighted by Gasteiger charge is 2.22. The molecule has 0 aromatic heterocycles. The highest BCUT2D eigenvalue weighted by atomic mass is 16.5. The van der Waals surface area contributed by atoms with Crippen LogP contribution in [0, 0.1) is 6.92 Å². The molecule has 0 atom stereocenters. The van der Waals surface area contributed by atoms with Crippen molar-refractivity contribution in [1.82, 2.24) is 15.1 Å². The molecule has 1 fully saturated rings. The van der Waals surface area contributed by atoms with E-state index in [1.54, 1.807) is 0 Å². The lowest BCUT2D eigenvalue weighted by Gasteiger charge is -2.37. The van der Waals surface area contributed by atoms with Gasteiger partial charge in [0, 0.05) is 38.3 Å². The molecule has 0 saturated carbocycles. The maximum absolute atomic E-state index is 5.95. The van der Waals surface area contributed by atoms with Gasteiger partial charge in [-0.15, -0.1) is 0 Å². The van der Waals surface area contributed by atoms with Crippen molar-refractivity contribution in [3.05, 3.63) is 41.2 Å². The Morgan fingerprint density at radius 1 is 1.23 bits per heavy atom. The van der Waals surface area contributed by atoms with E-state index in [4.69, 9.17) is 4.74 Å². The Balaban J connectivity index is 1.83. The first-order chi connectivity index (χ1) is 10.8. The van der Waals surface area contributed by atoms with Gasteiger partial charge >= 0.3 is 0 Å². The third-order valence-electron chi connectivity index (χ3n) is 4.35. The number of aryl methyl sites for hydroxylation is 1. The van der Waals surface area contributed by atoms with Gasteiger partial charge in [0.05, 0.1) is 6.54 Å². The van der Waals surface area contributed by atoms with Crippen molar-refractivity contribution in [2.45, 2.75) is 26.8 Å². The SMILES string of the molecule is CC/C=C(/N1CCNCC1)N1CCOc2ccc(C)cc2C1. The van der Waals surface area contributed by atoms with Crippen LogP contribution in [0.1, 0.15) is 24.5 Å². The van der Waals surface area contributed by atoms with Gasteiger partial charge in [-0.3, -0.25) is 0 Å². The summed E-state index contributed by atoms with van der Waals surface area (Å²) < 4.78 is 5.95. The van der Waals surface area contributed by atoms with Crippen LogP contribution in [0.15, 0.2) is 30.1 Å². The maximum Gasteiger partial charge on any atom is 0.124 e. The summed E-state index contributed by atoms with van der Waals surface area (Å²) in [5.41, 5.74) is 2.60. The molecule has 0 unspecified atom stereocenters. The normalized spacial score (nSPS) is 19.5. The highest BCUT2D eigenvalue weighted by Crippen LogP contribution is 2.27. The van der Waals surface area contributed by atoms with E-state index in [2.05, 4.69) is 53.2 Å². The summed E-state index contributed by atoms with van der Waals surface area (Å²) in [5, 5.41) is 3.44. The van der Waals surface area contributed by atoms with Gasteiger partial charge < -0.3 is 19.9 Å². The van der Waals surface area contributed by atoms with Gasteiger partial charge in [0.2, 0.25) is 0 Å². The molecule has 1 aromatic carbocycles. The first-order valence-corrected chi connectivity index (χ1v) is 8.41. The van der Waals surface area contributed by atoms with Crippen molar-refractivity contribution in [2.24, 2.45) is 0 Å². The minimum atomic E-state index is 0.753. The molecule has 4 nitrogen and oxygen atoms in total. The lowest BCUT2D eigenvalue weighted by atomic mass is 10.1. The second-order valence-electron chi connectivity index (χ2n) is 6.09. The Hall–Kier alpha value is -1.68. The minimum Gasteiger partial charge on any atom is -0.491 e. The van der Waals surface area contributed by atoms with Crippen molar-refractivity contribution in [3.8, 4) is 5.75 Å². The summed E-state index contributed by atoms with van der Waals surface area (Å²) in [7, 11) is 0. The highest BCUT2D eigenvalue weighted by molar-refractivity contribution is 5.37. The van der Waals surface area contributed by atoms with Crippen LogP contribution in [-0.2, 0) is 6.54 Å². The summed E-state index contributed by atoms with van der Waals surface area (Å²) in [6.07, 6.45) is 3.43. The number of nitrogens with one attached hydrogen (secondary N) is 1. The van der Waals surface area contributed by atoms with Crippen LogP contribution in [0.3, 0.4) is 0 Å². The third kappa shape index (κ3) is 3.38. The van der Waals surface area contributed by atoms with E-state index < -0.39 is 0 Å². The monoisotopic (exact) mass is 301 g/mol. The van der Waals surface area contributed by atoms with E-state index in [1.165, 1.54) is 16.9 Å². The van der Waals surface area contributed by atoms with Crippen molar-refractivity contribution in [3.63, 3.8) is 0 Å². The van der Waals surface area contributed by atoms with E-state index in [0.29, 0.717) is 0 Å². The number of allylic oxidation sites excluding steroid dienone is 1. The second kappa shape index (κ2) is 7.05. The maximum atomic E-state index is 5.95. The van der Waals surface area contributed by atoms with E-state index >= 15 is 0 Å². The first-order valence-electron chi connectivity index (χ1n) is 8.41. The fraction of sp³-hybridized carbons (Fsp3) is 0.556. The van der Waals surface area contributed by atoms with Crippen LogP contribution >= 0.6 is 0 Å². The molecule has 0 bridgehead atoms. The third-order valence-corrected chi connectivity index (χ3v) is 4.35. The Bertz CT molecular complexity index is 535. The first kappa shape index (κ1) is 15.2. The fourth-order valence-corrected chi connectivity index (χ4v) is 3.25. The lowest BCUT2D eigenvalue weighted by molar-refractivity contribution is 0.174. The van der Waals surface area contributed by atoms with E-state index in [-0.39, 0.29) is 0 Å². The van der Waals surface area contributed by atoms with Crippen molar-refractivity contribution >= 4 is 0 Å². The van der Waals surface area contributed by atoms with Crippen LogP contribution < -0.4 is 10.1 Å². The van der Waals surface area contributed by atoms with Gasteiger partial charge in [-0.25, -0.2) is 0 Å².